The van der Waals surface area contributed by atoms with Crippen LogP contribution in [0.1, 0.15) is 16.8 Å². The minimum Gasteiger partial charge on any atom is -0.481 e. The quantitative estimate of drug-likeness (QED) is 0.599. The van der Waals surface area contributed by atoms with Crippen molar-refractivity contribution in [3.8, 4) is 0 Å². The molecule has 1 aromatic rings. The van der Waals surface area contributed by atoms with Gasteiger partial charge in [-0.25, -0.2) is 0 Å². The Kier molecular flexibility index (Phi) is 3.44. The Morgan fingerprint density at radius 2 is 2.00 bits per heavy atom. The lowest BCUT2D eigenvalue weighted by molar-refractivity contribution is -0.135. The van der Waals surface area contributed by atoms with Gasteiger partial charge in [0.15, 0.2) is 5.78 Å². The maximum atomic E-state index is 11.4. The molecule has 4 heteroatoms. The molecule has 1 aromatic carbocycles. The molecule has 0 aromatic heterocycles. The van der Waals surface area contributed by atoms with Crippen LogP contribution < -0.4 is 4.90 Å². The predicted molar refractivity (Wildman–Crippen MR) is 57.4 cm³/mol. The number of nitrogens with zero attached hydrogens (tertiary/aromatic N) is 1. The van der Waals surface area contributed by atoms with Gasteiger partial charge in [-0.05, 0) is 12.1 Å². The fraction of sp³-hybridized carbons (Fsp3) is 0.273. The molecule has 0 atom stereocenters. The first-order valence-electron chi connectivity index (χ1n) is 4.53. The van der Waals surface area contributed by atoms with Crippen molar-refractivity contribution < 1.29 is 14.7 Å². The SMILES string of the molecule is CN(C)c1cccc(C(=O)CC(=O)O)c1. The first kappa shape index (κ1) is 11.2. The predicted octanol–water partition coefficient (Wildman–Crippen LogP) is 1.41. The second kappa shape index (κ2) is 4.59. The van der Waals surface area contributed by atoms with Gasteiger partial charge < -0.3 is 10.0 Å². The Bertz CT molecular complexity index is 385. The molecule has 4 nitrogen and oxygen atoms in total. The highest BCUT2D eigenvalue weighted by Gasteiger charge is 2.10. The van der Waals surface area contributed by atoms with Crippen LogP contribution in [0.2, 0.25) is 0 Å². The molecule has 0 aliphatic rings. The molecule has 0 aliphatic carbocycles. The molecule has 1 N–H and O–H groups in total. The van der Waals surface area contributed by atoms with Crippen molar-refractivity contribution in [2.45, 2.75) is 6.42 Å². The normalized spacial score (nSPS) is 9.73. The molecule has 15 heavy (non-hydrogen) atoms. The van der Waals surface area contributed by atoms with E-state index in [9.17, 15) is 9.59 Å². The van der Waals surface area contributed by atoms with Gasteiger partial charge in [-0.3, -0.25) is 9.59 Å². The third kappa shape index (κ3) is 3.09. The molecule has 1 rings (SSSR count). The number of carboxylic acids is 1. The third-order valence-electron chi connectivity index (χ3n) is 2.00. The summed E-state index contributed by atoms with van der Waals surface area (Å²) in [5.41, 5.74) is 1.31. The molecule has 0 aliphatic heterocycles. The van der Waals surface area contributed by atoms with E-state index >= 15 is 0 Å². The summed E-state index contributed by atoms with van der Waals surface area (Å²) in [6.07, 6.45) is -0.461. The van der Waals surface area contributed by atoms with Crippen molar-refractivity contribution in [3.05, 3.63) is 29.8 Å². The Labute approximate surface area is 88.1 Å². The van der Waals surface area contributed by atoms with Gasteiger partial charge in [0, 0.05) is 25.3 Å². The monoisotopic (exact) mass is 207 g/mol. The minimum absolute atomic E-state index is 0.369. The van der Waals surface area contributed by atoms with Crippen molar-refractivity contribution in [3.63, 3.8) is 0 Å². The van der Waals surface area contributed by atoms with Gasteiger partial charge in [-0.15, -0.1) is 0 Å². The van der Waals surface area contributed by atoms with Gasteiger partial charge in [0.2, 0.25) is 0 Å². The van der Waals surface area contributed by atoms with E-state index in [4.69, 9.17) is 5.11 Å². The largest absolute Gasteiger partial charge is 0.481 e. The zero-order valence-electron chi connectivity index (χ0n) is 8.73. The zero-order valence-corrected chi connectivity index (χ0v) is 8.73. The lowest BCUT2D eigenvalue weighted by Gasteiger charge is -2.12. The lowest BCUT2D eigenvalue weighted by Crippen LogP contribution is -2.11. The van der Waals surface area contributed by atoms with E-state index in [-0.39, 0.29) is 5.78 Å². The number of benzene rings is 1. The molecule has 80 valence electrons. The molecule has 0 amide bonds. The highest BCUT2D eigenvalue weighted by atomic mass is 16.4. The number of hydrogen-bond acceptors (Lipinski definition) is 3. The van der Waals surface area contributed by atoms with E-state index in [0.717, 1.165) is 5.69 Å². The Morgan fingerprint density at radius 1 is 1.33 bits per heavy atom. The third-order valence-corrected chi connectivity index (χ3v) is 2.00. The number of anilines is 1. The van der Waals surface area contributed by atoms with Crippen molar-refractivity contribution in [2.75, 3.05) is 19.0 Å². The number of carbonyl (C=O) groups excluding carboxylic acids is 1. The summed E-state index contributed by atoms with van der Waals surface area (Å²) in [6.45, 7) is 0. The average Bonchev–Trinajstić information content (AvgIpc) is 2.17. The van der Waals surface area contributed by atoms with E-state index in [1.54, 1.807) is 18.2 Å². The van der Waals surface area contributed by atoms with Crippen LogP contribution in [0.4, 0.5) is 5.69 Å². The Balaban J connectivity index is 2.90. The summed E-state index contributed by atoms with van der Waals surface area (Å²) in [6, 6.07) is 6.91. The molecule has 0 saturated heterocycles. The molecule has 0 radical (unpaired) electrons. The number of aliphatic carboxylic acids is 1. The topological polar surface area (TPSA) is 57.6 Å². The summed E-state index contributed by atoms with van der Waals surface area (Å²) in [7, 11) is 3.72. The molecule has 0 fully saturated rings. The van der Waals surface area contributed by atoms with Crippen LogP contribution in [0, 0.1) is 0 Å². The van der Waals surface area contributed by atoms with Crippen molar-refractivity contribution >= 4 is 17.4 Å². The van der Waals surface area contributed by atoms with Crippen molar-refractivity contribution in [1.82, 2.24) is 0 Å². The number of rotatable bonds is 4. The smallest absolute Gasteiger partial charge is 0.311 e. The van der Waals surface area contributed by atoms with E-state index in [1.165, 1.54) is 0 Å². The van der Waals surface area contributed by atoms with Gasteiger partial charge >= 0.3 is 5.97 Å². The van der Waals surface area contributed by atoms with E-state index in [2.05, 4.69) is 0 Å². The van der Waals surface area contributed by atoms with Crippen LogP contribution in [0.3, 0.4) is 0 Å². The molecule has 0 unspecified atom stereocenters. The fourth-order valence-electron chi connectivity index (χ4n) is 1.20. The Morgan fingerprint density at radius 3 is 2.53 bits per heavy atom. The molecule has 0 bridgehead atoms. The number of carbonyl (C=O) groups is 2. The summed E-state index contributed by atoms with van der Waals surface area (Å²) in [4.78, 5) is 23.7. The maximum absolute atomic E-state index is 11.4. The second-order valence-corrected chi connectivity index (χ2v) is 3.44. The first-order valence-corrected chi connectivity index (χ1v) is 4.53. The standard InChI is InChI=1S/C11H13NO3/c1-12(2)9-5-3-4-8(6-9)10(13)7-11(14)15/h3-6H,7H2,1-2H3,(H,14,15). The number of ketones is 1. The molecule has 0 saturated carbocycles. The van der Waals surface area contributed by atoms with Crippen LogP contribution in [0.5, 0.6) is 0 Å². The van der Waals surface area contributed by atoms with Crippen LogP contribution in [0.25, 0.3) is 0 Å². The second-order valence-electron chi connectivity index (χ2n) is 3.44. The van der Waals surface area contributed by atoms with Crippen molar-refractivity contribution in [1.29, 1.82) is 0 Å². The van der Waals surface area contributed by atoms with Crippen LogP contribution in [0.15, 0.2) is 24.3 Å². The lowest BCUT2D eigenvalue weighted by atomic mass is 10.1. The number of carboxylic acid groups (broad SMARTS) is 1. The number of hydrogen-bond donors (Lipinski definition) is 1. The van der Waals surface area contributed by atoms with Crippen LogP contribution in [-0.4, -0.2) is 31.0 Å². The summed E-state index contributed by atoms with van der Waals surface area (Å²) >= 11 is 0. The molecule has 0 heterocycles. The summed E-state index contributed by atoms with van der Waals surface area (Å²) in [5, 5.41) is 8.49. The first-order chi connectivity index (χ1) is 7.00. The van der Waals surface area contributed by atoms with E-state index in [0.29, 0.717) is 5.56 Å². The average molecular weight is 207 g/mol. The maximum Gasteiger partial charge on any atom is 0.311 e. The molecular weight excluding hydrogens is 194 g/mol. The van der Waals surface area contributed by atoms with Crippen LogP contribution >= 0.6 is 0 Å². The number of Topliss-reactive ketones (excluding diaryl/α,β-unsaturated/α-hetero) is 1. The van der Waals surface area contributed by atoms with Gasteiger partial charge in [0.05, 0.1) is 0 Å². The fourth-order valence-corrected chi connectivity index (χ4v) is 1.20. The van der Waals surface area contributed by atoms with Gasteiger partial charge in [-0.1, -0.05) is 12.1 Å². The highest BCUT2D eigenvalue weighted by Crippen LogP contribution is 2.14. The minimum atomic E-state index is -1.10. The van der Waals surface area contributed by atoms with Crippen molar-refractivity contribution in [2.24, 2.45) is 0 Å². The van der Waals surface area contributed by atoms with Gasteiger partial charge in [0.25, 0.3) is 0 Å². The van der Waals surface area contributed by atoms with E-state index < -0.39 is 12.4 Å². The zero-order chi connectivity index (χ0) is 11.4. The summed E-state index contributed by atoms with van der Waals surface area (Å²) in [5.74, 6) is -1.47. The highest BCUT2D eigenvalue weighted by molar-refractivity contribution is 6.05. The van der Waals surface area contributed by atoms with Crippen LogP contribution in [-0.2, 0) is 4.79 Å². The molecular formula is C11H13NO3. The summed E-state index contributed by atoms with van der Waals surface area (Å²) < 4.78 is 0. The van der Waals surface area contributed by atoms with Gasteiger partial charge in [0.1, 0.15) is 6.42 Å². The Hall–Kier alpha value is -1.84. The molecule has 0 spiro atoms. The van der Waals surface area contributed by atoms with E-state index in [1.807, 2.05) is 25.1 Å². The van der Waals surface area contributed by atoms with Gasteiger partial charge in [-0.2, -0.15) is 0 Å².